The number of benzene rings is 1. The van der Waals surface area contributed by atoms with Crippen LogP contribution in [-0.2, 0) is 4.79 Å². The zero-order valence-corrected chi connectivity index (χ0v) is 16.9. The fourth-order valence-corrected chi connectivity index (χ4v) is 3.81. The van der Waals surface area contributed by atoms with Gasteiger partial charge in [0.05, 0.1) is 12.0 Å². The second kappa shape index (κ2) is 9.64. The van der Waals surface area contributed by atoms with Gasteiger partial charge in [0.15, 0.2) is 5.16 Å². The number of piperidine rings is 1. The highest BCUT2D eigenvalue weighted by atomic mass is 32.2. The molecular weight excluding hydrogens is 377 g/mol. The van der Waals surface area contributed by atoms with Gasteiger partial charge in [0, 0.05) is 35.7 Å². The number of nitrogens with zero attached hydrogens (tertiary/aromatic N) is 4. The molecule has 1 aromatic carbocycles. The monoisotopic (exact) mass is 401 g/mol. The number of rotatable bonds is 6. The lowest BCUT2D eigenvalue weighted by Crippen LogP contribution is -2.29. The third-order valence-corrected chi connectivity index (χ3v) is 5.24. The lowest BCUT2D eigenvalue weighted by atomic mass is 10.1. The molecule has 0 bridgehead atoms. The Bertz CT molecular complexity index is 847. The molecule has 1 amide bonds. The van der Waals surface area contributed by atoms with E-state index in [2.05, 4.69) is 25.4 Å². The Labute approximate surface area is 168 Å². The number of nitrogens with one attached hydrogen (secondary N) is 1. The van der Waals surface area contributed by atoms with E-state index in [4.69, 9.17) is 0 Å². The minimum atomic E-state index is -0.348. The minimum absolute atomic E-state index is 0.136. The van der Waals surface area contributed by atoms with Crippen molar-refractivity contribution in [2.45, 2.75) is 38.3 Å². The van der Waals surface area contributed by atoms with Crippen LogP contribution in [0.4, 0.5) is 10.1 Å². The second-order valence-electron chi connectivity index (χ2n) is 6.77. The molecule has 1 aliphatic rings. The van der Waals surface area contributed by atoms with Crippen LogP contribution in [0.1, 0.15) is 36.2 Å². The summed E-state index contributed by atoms with van der Waals surface area (Å²) >= 11 is 1.24. The molecule has 0 spiro atoms. The van der Waals surface area contributed by atoms with Gasteiger partial charge in [0.25, 0.3) is 5.91 Å². The van der Waals surface area contributed by atoms with Gasteiger partial charge in [-0.15, -0.1) is 0 Å². The molecule has 2 aromatic rings. The molecule has 0 aliphatic carbocycles. The van der Waals surface area contributed by atoms with Crippen molar-refractivity contribution in [1.29, 1.82) is 0 Å². The van der Waals surface area contributed by atoms with Crippen LogP contribution in [0, 0.1) is 19.7 Å². The number of carbonyl (C=O) groups is 1. The van der Waals surface area contributed by atoms with Crippen LogP contribution in [-0.4, -0.2) is 40.9 Å². The maximum Gasteiger partial charge on any atom is 0.250 e. The molecule has 1 aliphatic heterocycles. The van der Waals surface area contributed by atoms with Crippen LogP contribution < -0.4 is 10.3 Å². The predicted molar refractivity (Wildman–Crippen MR) is 110 cm³/mol. The number of aromatic nitrogens is 2. The summed E-state index contributed by atoms with van der Waals surface area (Å²) < 4.78 is 14.3. The molecule has 1 N–H and O–H groups in total. The SMILES string of the molecule is Cc1cc(C)nc(SCC(=O)N/N=C\c2ccc(N3CCCCC3)cc2F)n1. The molecule has 1 saturated heterocycles. The molecule has 0 unspecified atom stereocenters. The molecule has 148 valence electrons. The number of carbonyl (C=O) groups excluding carboxylic acids is 1. The highest BCUT2D eigenvalue weighted by molar-refractivity contribution is 7.99. The van der Waals surface area contributed by atoms with E-state index in [-0.39, 0.29) is 17.5 Å². The van der Waals surface area contributed by atoms with E-state index in [0.29, 0.717) is 10.7 Å². The zero-order valence-electron chi connectivity index (χ0n) is 16.1. The van der Waals surface area contributed by atoms with Crippen LogP contribution in [0.5, 0.6) is 0 Å². The average Bonchev–Trinajstić information content (AvgIpc) is 2.67. The summed E-state index contributed by atoms with van der Waals surface area (Å²) in [5, 5.41) is 4.41. The normalized spacial score (nSPS) is 14.5. The first-order chi connectivity index (χ1) is 13.5. The summed E-state index contributed by atoms with van der Waals surface area (Å²) in [6.45, 7) is 5.69. The average molecular weight is 402 g/mol. The molecule has 8 heteroatoms. The van der Waals surface area contributed by atoms with Crippen molar-refractivity contribution in [1.82, 2.24) is 15.4 Å². The Balaban J connectivity index is 1.51. The summed E-state index contributed by atoms with van der Waals surface area (Å²) in [5.41, 5.74) is 5.36. The van der Waals surface area contributed by atoms with Crippen LogP contribution in [0.2, 0.25) is 0 Å². The summed E-state index contributed by atoms with van der Waals surface area (Å²) in [4.78, 5) is 22.7. The number of hydrogen-bond donors (Lipinski definition) is 1. The molecule has 1 fully saturated rings. The molecule has 0 saturated carbocycles. The van der Waals surface area contributed by atoms with Crippen molar-refractivity contribution in [2.24, 2.45) is 5.10 Å². The van der Waals surface area contributed by atoms with E-state index >= 15 is 0 Å². The van der Waals surface area contributed by atoms with Crippen LogP contribution >= 0.6 is 11.8 Å². The number of hydrogen-bond acceptors (Lipinski definition) is 6. The summed E-state index contributed by atoms with van der Waals surface area (Å²) in [5.74, 6) is -0.509. The Kier molecular flexibility index (Phi) is 6.97. The van der Waals surface area contributed by atoms with Crippen molar-refractivity contribution in [2.75, 3.05) is 23.7 Å². The number of anilines is 1. The molecule has 6 nitrogen and oxygen atoms in total. The zero-order chi connectivity index (χ0) is 19.9. The number of hydrazone groups is 1. The maximum absolute atomic E-state index is 14.3. The fourth-order valence-electron chi connectivity index (χ4n) is 3.06. The Morgan fingerprint density at radius 2 is 1.93 bits per heavy atom. The van der Waals surface area contributed by atoms with Gasteiger partial charge in [-0.05, 0) is 57.4 Å². The van der Waals surface area contributed by atoms with E-state index in [1.807, 2.05) is 26.0 Å². The van der Waals surface area contributed by atoms with Crippen LogP contribution in [0.25, 0.3) is 0 Å². The number of thioether (sulfide) groups is 1. The quantitative estimate of drug-likeness (QED) is 0.347. The summed E-state index contributed by atoms with van der Waals surface area (Å²) in [6.07, 6.45) is 4.84. The first-order valence-electron chi connectivity index (χ1n) is 9.33. The number of aryl methyl sites for hydroxylation is 2. The van der Waals surface area contributed by atoms with Gasteiger partial charge in [-0.2, -0.15) is 5.10 Å². The molecule has 3 rings (SSSR count). The standard InChI is InChI=1S/C20H24FN5OS/c1-14-10-15(2)24-20(23-14)28-13-19(27)25-22-12-16-6-7-17(11-18(16)21)26-8-4-3-5-9-26/h6-7,10-12H,3-5,8-9,13H2,1-2H3,(H,25,27)/b22-12-. The van der Waals surface area contributed by atoms with Gasteiger partial charge >= 0.3 is 0 Å². The third-order valence-electron chi connectivity index (χ3n) is 4.39. The van der Waals surface area contributed by atoms with Gasteiger partial charge in [-0.1, -0.05) is 11.8 Å². The summed E-state index contributed by atoms with van der Waals surface area (Å²) in [7, 11) is 0. The van der Waals surface area contributed by atoms with E-state index in [1.54, 1.807) is 6.07 Å². The maximum atomic E-state index is 14.3. The lowest BCUT2D eigenvalue weighted by Gasteiger charge is -2.28. The van der Waals surface area contributed by atoms with E-state index < -0.39 is 0 Å². The second-order valence-corrected chi connectivity index (χ2v) is 7.71. The smallest absolute Gasteiger partial charge is 0.250 e. The van der Waals surface area contributed by atoms with Gasteiger partial charge < -0.3 is 4.90 Å². The van der Waals surface area contributed by atoms with Crippen LogP contribution in [0.15, 0.2) is 34.5 Å². The van der Waals surface area contributed by atoms with Crippen molar-refractivity contribution in [3.8, 4) is 0 Å². The molecule has 2 heterocycles. The third kappa shape index (κ3) is 5.76. The van der Waals surface area contributed by atoms with Gasteiger partial charge in [0.1, 0.15) is 5.82 Å². The van der Waals surface area contributed by atoms with E-state index in [9.17, 15) is 9.18 Å². The topological polar surface area (TPSA) is 70.5 Å². The molecule has 0 atom stereocenters. The van der Waals surface area contributed by atoms with E-state index in [1.165, 1.54) is 30.5 Å². The molecule has 1 aromatic heterocycles. The first-order valence-corrected chi connectivity index (χ1v) is 10.3. The number of halogens is 1. The fraction of sp³-hybridized carbons (Fsp3) is 0.400. The van der Waals surface area contributed by atoms with Crippen molar-refractivity contribution >= 4 is 29.6 Å². The van der Waals surface area contributed by atoms with E-state index in [0.717, 1.165) is 43.0 Å². The van der Waals surface area contributed by atoms with Gasteiger partial charge in [-0.25, -0.2) is 19.8 Å². The highest BCUT2D eigenvalue weighted by Gasteiger charge is 2.12. The van der Waals surface area contributed by atoms with Gasteiger partial charge in [-0.3, -0.25) is 4.79 Å². The molecule has 28 heavy (non-hydrogen) atoms. The Hall–Kier alpha value is -2.48. The first kappa shape index (κ1) is 20.3. The Morgan fingerprint density at radius 3 is 2.61 bits per heavy atom. The van der Waals surface area contributed by atoms with Crippen molar-refractivity contribution in [3.63, 3.8) is 0 Å². The van der Waals surface area contributed by atoms with Crippen LogP contribution in [0.3, 0.4) is 0 Å². The predicted octanol–water partition coefficient (Wildman–Crippen LogP) is 3.47. The minimum Gasteiger partial charge on any atom is -0.371 e. The molecule has 0 radical (unpaired) electrons. The van der Waals surface area contributed by atoms with Crippen molar-refractivity contribution < 1.29 is 9.18 Å². The van der Waals surface area contributed by atoms with Gasteiger partial charge in [0.2, 0.25) is 0 Å². The number of amides is 1. The van der Waals surface area contributed by atoms with Crippen molar-refractivity contribution in [3.05, 3.63) is 47.0 Å². The Morgan fingerprint density at radius 1 is 1.21 bits per heavy atom. The lowest BCUT2D eigenvalue weighted by molar-refractivity contribution is -0.118. The molecular formula is C20H24FN5OS. The highest BCUT2D eigenvalue weighted by Crippen LogP contribution is 2.22. The summed E-state index contributed by atoms with van der Waals surface area (Å²) in [6, 6.07) is 6.99. The largest absolute Gasteiger partial charge is 0.371 e.